The van der Waals surface area contributed by atoms with Gasteiger partial charge in [-0.25, -0.2) is 38.3 Å². The second-order valence-electron chi connectivity index (χ2n) is 16.1. The van der Waals surface area contributed by atoms with E-state index in [1.165, 1.54) is 0 Å². The number of aromatic amines is 2. The number of rotatable bonds is 14. The second-order valence-corrected chi connectivity index (χ2v) is 18.0. The number of unbranched alkanes of at least 4 members (excludes halogenated alkanes) is 2. The summed E-state index contributed by atoms with van der Waals surface area (Å²) in [5, 5.41) is 3.22. The van der Waals surface area contributed by atoms with Gasteiger partial charge in [0.25, 0.3) is 0 Å². The third-order valence-corrected chi connectivity index (χ3v) is 14.0. The minimum atomic E-state index is -3.79. The average Bonchev–Trinajstić information content (AvgIpc) is 4.01. The highest BCUT2D eigenvalue weighted by Gasteiger charge is 2.31. The fourth-order valence-corrected chi connectivity index (χ4v) is 10.7. The van der Waals surface area contributed by atoms with E-state index in [9.17, 15) is 8.42 Å². The van der Waals surface area contributed by atoms with E-state index in [0.717, 1.165) is 89.8 Å². The highest BCUT2D eigenvalue weighted by atomic mass is 32.2. The van der Waals surface area contributed by atoms with Gasteiger partial charge in [-0.15, -0.1) is 0 Å². The summed E-state index contributed by atoms with van der Waals surface area (Å²) in [6.45, 7) is 8.99. The van der Waals surface area contributed by atoms with Gasteiger partial charge in [0.2, 0.25) is 10.0 Å². The molecule has 2 atom stereocenters. The molecule has 0 saturated heterocycles. The Morgan fingerprint density at radius 3 is 1.45 bits per heavy atom. The Morgan fingerprint density at radius 2 is 0.950 bits per heavy atom. The Morgan fingerprint density at radius 1 is 0.517 bits per heavy atom. The summed E-state index contributed by atoms with van der Waals surface area (Å²) in [4.78, 5) is 37.9. The number of anilines is 1. The number of fused-ring (bicyclic) bond motifs is 20. The van der Waals surface area contributed by atoms with E-state index in [1.54, 1.807) is 4.31 Å². The summed E-state index contributed by atoms with van der Waals surface area (Å²) in [5.41, 5.74) is 6.20. The summed E-state index contributed by atoms with van der Waals surface area (Å²) in [5.74, 6) is 2.33. The van der Waals surface area contributed by atoms with Crippen molar-refractivity contribution >= 4 is 59.8 Å². The molecule has 2 N–H and O–H groups in total. The molecule has 0 spiro atoms. The first-order valence-corrected chi connectivity index (χ1v) is 23.1. The average molecular weight is 818 g/mol. The van der Waals surface area contributed by atoms with Crippen LogP contribution in [0.3, 0.4) is 0 Å². The van der Waals surface area contributed by atoms with E-state index < -0.39 is 10.0 Å². The lowest BCUT2D eigenvalue weighted by Gasteiger charge is -2.30. The van der Waals surface area contributed by atoms with Crippen molar-refractivity contribution in [1.82, 2.24) is 39.9 Å². The van der Waals surface area contributed by atoms with Gasteiger partial charge in [0.05, 0.1) is 16.8 Å². The summed E-state index contributed by atoms with van der Waals surface area (Å²) in [6, 6.07) is 29.8. The topological polar surface area (TPSA) is 146 Å². The van der Waals surface area contributed by atoms with Gasteiger partial charge in [0.1, 0.15) is 22.6 Å². The molecular formula is C48H51N9O2S. The van der Waals surface area contributed by atoms with Gasteiger partial charge in [0.15, 0.2) is 23.3 Å². The molecule has 0 radical (unpaired) electrons. The van der Waals surface area contributed by atoms with Crippen LogP contribution in [0, 0.1) is 11.8 Å². The summed E-state index contributed by atoms with van der Waals surface area (Å²) in [6.07, 6.45) is 7.61. The molecule has 9 rings (SSSR count). The molecule has 2 aliphatic heterocycles. The molecule has 12 heteroatoms. The van der Waals surface area contributed by atoms with Gasteiger partial charge < -0.3 is 9.97 Å². The van der Waals surface area contributed by atoms with Crippen LogP contribution < -0.4 is 4.31 Å². The molecule has 0 fully saturated rings. The number of hydrogen-bond acceptors (Lipinski definition) is 8. The number of sulfonamides is 1. The van der Waals surface area contributed by atoms with E-state index in [-0.39, 0.29) is 17.6 Å². The number of nitrogens with one attached hydrogen (secondary N) is 2. The van der Waals surface area contributed by atoms with E-state index in [2.05, 4.69) is 37.7 Å². The molecule has 0 amide bonds. The Labute approximate surface area is 350 Å². The van der Waals surface area contributed by atoms with Crippen molar-refractivity contribution in [3.63, 3.8) is 0 Å². The van der Waals surface area contributed by atoms with Gasteiger partial charge in [-0.05, 0) is 30.7 Å². The lowest BCUT2D eigenvalue weighted by molar-refractivity contribution is 0.453. The molecule has 0 aliphatic carbocycles. The standard InChI is InChI=1S/C48H51N9O2S/c1-5-9-18-30(7-3)28-57(60(58,59)29-31(8-4)19-10-6-2)39-27-17-26-38-40(39)48-55-46-37-25-16-15-24-36(37)44(53-46)51-42-33-21-12-11-20-32(33)41(49-42)50-43-34-22-13-14-23-35(34)45(52-43)54-47(38)56-48/h11-17,20-27,30-31H,5-10,18-19,28-29H2,1-4H3,(H2,49,50,51,52,53,54,55,56). The maximum atomic E-state index is 15.0. The summed E-state index contributed by atoms with van der Waals surface area (Å²) >= 11 is 0. The zero-order valence-corrected chi connectivity index (χ0v) is 35.6. The van der Waals surface area contributed by atoms with Crippen molar-refractivity contribution in [2.75, 3.05) is 16.6 Å². The minimum Gasteiger partial charge on any atom is -0.324 e. The Bertz CT molecular complexity index is 3010. The van der Waals surface area contributed by atoms with Crippen molar-refractivity contribution in [2.45, 2.75) is 79.1 Å². The van der Waals surface area contributed by atoms with Gasteiger partial charge in [-0.1, -0.05) is 151 Å². The molecule has 8 bridgehead atoms. The van der Waals surface area contributed by atoms with Crippen molar-refractivity contribution in [3.05, 3.63) is 91.0 Å². The Balaban J connectivity index is 1.37. The third kappa shape index (κ3) is 7.31. The predicted octanol–water partition coefficient (Wildman–Crippen LogP) is 11.4. The summed E-state index contributed by atoms with van der Waals surface area (Å²) < 4.78 is 31.7. The number of benzene rings is 4. The molecule has 60 heavy (non-hydrogen) atoms. The fraction of sp³-hybridized carbons (Fsp3) is 0.333. The van der Waals surface area contributed by atoms with Crippen LogP contribution in [0.5, 0.6) is 0 Å². The van der Waals surface area contributed by atoms with E-state index in [4.69, 9.17) is 29.9 Å². The molecule has 11 nitrogen and oxygen atoms in total. The maximum Gasteiger partial charge on any atom is 0.235 e. The van der Waals surface area contributed by atoms with E-state index in [1.807, 2.05) is 91.0 Å². The maximum absolute atomic E-state index is 15.0. The SMILES string of the molecule is CCCCC(CC)CN(c1cccc2c3nc4nc(nc5[nH]c(nc6nc(nc([nH]3)c12)-c1ccccc1-6)c1ccccc51)-c1ccccc1-4)S(=O)(=O)CC(CC)CCCC. The highest BCUT2D eigenvalue weighted by Crippen LogP contribution is 2.40. The first kappa shape index (κ1) is 39.5. The quantitative estimate of drug-likeness (QED) is 0.110. The monoisotopic (exact) mass is 817 g/mol. The minimum absolute atomic E-state index is 0.0575. The Hall–Kier alpha value is -6.01. The predicted molar refractivity (Wildman–Crippen MR) is 244 cm³/mol. The molecular weight excluding hydrogens is 767 g/mol. The van der Waals surface area contributed by atoms with Crippen molar-refractivity contribution in [1.29, 1.82) is 0 Å². The number of H-pyrrole nitrogens is 2. The van der Waals surface area contributed by atoms with Crippen molar-refractivity contribution < 1.29 is 8.42 Å². The lowest BCUT2D eigenvalue weighted by atomic mass is 9.99. The second kappa shape index (κ2) is 16.6. The van der Waals surface area contributed by atoms with Crippen LogP contribution in [0.4, 0.5) is 5.69 Å². The van der Waals surface area contributed by atoms with Crippen LogP contribution >= 0.6 is 0 Å². The molecule has 0 saturated carbocycles. The molecule has 7 aromatic rings. The van der Waals surface area contributed by atoms with Gasteiger partial charge in [-0.3, -0.25) is 4.31 Å². The normalized spacial score (nSPS) is 13.3. The van der Waals surface area contributed by atoms with Crippen LogP contribution in [0.25, 0.3) is 89.7 Å². The number of nitrogens with zero attached hydrogens (tertiary/aromatic N) is 7. The Kier molecular flexibility index (Phi) is 10.9. The van der Waals surface area contributed by atoms with Gasteiger partial charge >= 0.3 is 0 Å². The smallest absolute Gasteiger partial charge is 0.235 e. The molecule has 306 valence electrons. The van der Waals surface area contributed by atoms with Gasteiger partial charge in [0, 0.05) is 45.0 Å². The lowest BCUT2D eigenvalue weighted by Crippen LogP contribution is -2.39. The molecule has 2 aliphatic rings. The zero-order valence-electron chi connectivity index (χ0n) is 34.7. The zero-order chi connectivity index (χ0) is 41.4. The van der Waals surface area contributed by atoms with E-state index in [0.29, 0.717) is 63.5 Å². The van der Waals surface area contributed by atoms with Crippen LogP contribution in [0.15, 0.2) is 91.0 Å². The number of aromatic nitrogens is 8. The van der Waals surface area contributed by atoms with Crippen LogP contribution in [0.1, 0.15) is 79.1 Å². The highest BCUT2D eigenvalue weighted by molar-refractivity contribution is 7.92. The summed E-state index contributed by atoms with van der Waals surface area (Å²) in [7, 11) is -3.79. The van der Waals surface area contributed by atoms with Crippen LogP contribution in [-0.2, 0) is 10.0 Å². The molecule has 2 unspecified atom stereocenters. The molecule has 4 aromatic carbocycles. The third-order valence-electron chi connectivity index (χ3n) is 12.1. The van der Waals surface area contributed by atoms with E-state index >= 15 is 0 Å². The van der Waals surface area contributed by atoms with Crippen LogP contribution in [-0.4, -0.2) is 60.6 Å². The fourth-order valence-electron chi connectivity index (χ4n) is 8.68. The van der Waals surface area contributed by atoms with Crippen molar-refractivity contribution in [3.8, 4) is 45.6 Å². The first-order chi connectivity index (χ1) is 29.3. The molecule has 3 aromatic heterocycles. The largest absolute Gasteiger partial charge is 0.324 e. The molecule has 5 heterocycles. The van der Waals surface area contributed by atoms with Crippen LogP contribution in [0.2, 0.25) is 0 Å². The van der Waals surface area contributed by atoms with Gasteiger partial charge in [-0.2, -0.15) is 0 Å². The number of hydrogen-bond donors (Lipinski definition) is 2. The van der Waals surface area contributed by atoms with Crippen molar-refractivity contribution in [2.24, 2.45) is 11.8 Å². The first-order valence-electron chi connectivity index (χ1n) is 21.5.